The van der Waals surface area contributed by atoms with Gasteiger partial charge in [0.05, 0.1) is 11.9 Å². The molecule has 2 aromatic heterocycles. The van der Waals surface area contributed by atoms with Gasteiger partial charge in [-0.15, -0.1) is 0 Å². The molecule has 3 heterocycles. The van der Waals surface area contributed by atoms with Gasteiger partial charge in [0.2, 0.25) is 0 Å². The number of aromatic nitrogens is 3. The molecule has 8 heteroatoms. The summed E-state index contributed by atoms with van der Waals surface area (Å²) in [4.78, 5) is 18.6. The molecule has 1 amide bonds. The predicted octanol–water partition coefficient (Wildman–Crippen LogP) is 2.30. The third-order valence-electron chi connectivity index (χ3n) is 4.13. The highest BCUT2D eigenvalue weighted by molar-refractivity contribution is 5.68. The Hall–Kier alpha value is -2.82. The van der Waals surface area contributed by atoms with Crippen LogP contribution in [0.15, 0.2) is 12.3 Å². The summed E-state index contributed by atoms with van der Waals surface area (Å²) in [6.07, 6.45) is 2.91. The van der Waals surface area contributed by atoms with Crippen molar-refractivity contribution in [3.63, 3.8) is 0 Å². The number of hydrogen-bond donors (Lipinski definition) is 1. The number of ether oxygens (including phenoxy) is 1. The molecule has 8 nitrogen and oxygen atoms in total. The van der Waals surface area contributed by atoms with E-state index in [1.807, 2.05) is 20.8 Å². The average molecular weight is 342 g/mol. The lowest BCUT2D eigenvalue weighted by molar-refractivity contribution is 0.0197. The van der Waals surface area contributed by atoms with Crippen LogP contribution in [0.5, 0.6) is 0 Å². The van der Waals surface area contributed by atoms with Crippen LogP contribution in [0.4, 0.5) is 10.6 Å². The van der Waals surface area contributed by atoms with Gasteiger partial charge in [0.15, 0.2) is 5.65 Å². The molecule has 1 saturated heterocycles. The van der Waals surface area contributed by atoms with E-state index in [2.05, 4.69) is 16.2 Å². The van der Waals surface area contributed by atoms with E-state index in [1.54, 1.807) is 11.0 Å². The zero-order valence-electron chi connectivity index (χ0n) is 14.7. The van der Waals surface area contributed by atoms with Crippen molar-refractivity contribution >= 4 is 17.6 Å². The lowest BCUT2D eigenvalue weighted by Crippen LogP contribution is -2.42. The van der Waals surface area contributed by atoms with Crippen LogP contribution in [0.25, 0.3) is 5.65 Å². The number of amides is 1. The second kappa shape index (κ2) is 6.24. The van der Waals surface area contributed by atoms with E-state index < -0.39 is 5.60 Å². The molecule has 1 unspecified atom stereocenters. The number of nitrogens with two attached hydrogens (primary N) is 1. The van der Waals surface area contributed by atoms with Crippen molar-refractivity contribution in [3.8, 4) is 6.07 Å². The zero-order chi connectivity index (χ0) is 18.2. The molecule has 1 aliphatic rings. The molecule has 1 aliphatic heterocycles. The van der Waals surface area contributed by atoms with E-state index in [9.17, 15) is 10.1 Å². The van der Waals surface area contributed by atoms with Gasteiger partial charge in [-0.2, -0.15) is 14.9 Å². The Labute approximate surface area is 146 Å². The first-order valence-corrected chi connectivity index (χ1v) is 8.30. The highest BCUT2D eigenvalue weighted by Gasteiger charge is 2.29. The van der Waals surface area contributed by atoms with Crippen LogP contribution in [-0.4, -0.2) is 44.3 Å². The number of hydrogen-bond acceptors (Lipinski definition) is 6. The van der Waals surface area contributed by atoms with Gasteiger partial charge in [0.25, 0.3) is 0 Å². The summed E-state index contributed by atoms with van der Waals surface area (Å²) in [6.45, 7) is 6.75. The quantitative estimate of drug-likeness (QED) is 0.851. The molecule has 0 aromatic carbocycles. The number of rotatable bonds is 1. The maximum atomic E-state index is 12.3. The minimum absolute atomic E-state index is 0.0509. The number of nitrogen functional groups attached to an aromatic ring is 1. The van der Waals surface area contributed by atoms with Crippen molar-refractivity contribution in [3.05, 3.63) is 23.5 Å². The van der Waals surface area contributed by atoms with Crippen molar-refractivity contribution in [2.75, 3.05) is 18.8 Å². The summed E-state index contributed by atoms with van der Waals surface area (Å²) in [7, 11) is 0. The molecule has 2 N–H and O–H groups in total. The van der Waals surface area contributed by atoms with Gasteiger partial charge in [0, 0.05) is 25.1 Å². The third-order valence-corrected chi connectivity index (χ3v) is 4.13. The van der Waals surface area contributed by atoms with Crippen LogP contribution >= 0.6 is 0 Å². The second-order valence-electron chi connectivity index (χ2n) is 7.28. The van der Waals surface area contributed by atoms with E-state index >= 15 is 0 Å². The first kappa shape index (κ1) is 17.0. The highest BCUT2D eigenvalue weighted by atomic mass is 16.6. The summed E-state index contributed by atoms with van der Waals surface area (Å²) in [5.41, 5.74) is 7.14. The minimum Gasteiger partial charge on any atom is -0.444 e. The van der Waals surface area contributed by atoms with Gasteiger partial charge in [-0.1, -0.05) is 0 Å². The van der Waals surface area contributed by atoms with Gasteiger partial charge < -0.3 is 15.4 Å². The van der Waals surface area contributed by atoms with Gasteiger partial charge >= 0.3 is 6.09 Å². The van der Waals surface area contributed by atoms with Crippen LogP contribution < -0.4 is 5.73 Å². The largest absolute Gasteiger partial charge is 0.444 e. The van der Waals surface area contributed by atoms with Gasteiger partial charge in [-0.05, 0) is 33.6 Å². The summed E-state index contributed by atoms with van der Waals surface area (Å²) in [5.74, 6) is 0.478. The first-order valence-electron chi connectivity index (χ1n) is 8.30. The van der Waals surface area contributed by atoms with Crippen LogP contribution in [0.1, 0.15) is 50.8 Å². The van der Waals surface area contributed by atoms with Crippen molar-refractivity contribution < 1.29 is 9.53 Å². The Morgan fingerprint density at radius 3 is 2.92 bits per heavy atom. The van der Waals surface area contributed by atoms with E-state index in [0.717, 1.165) is 18.5 Å². The molecular weight excluding hydrogens is 320 g/mol. The number of anilines is 1. The summed E-state index contributed by atoms with van der Waals surface area (Å²) in [5, 5.41) is 13.3. The zero-order valence-corrected chi connectivity index (χ0v) is 14.7. The number of nitriles is 1. The van der Waals surface area contributed by atoms with E-state index in [4.69, 9.17) is 10.5 Å². The fourth-order valence-corrected chi connectivity index (χ4v) is 3.00. The predicted molar refractivity (Wildman–Crippen MR) is 91.9 cm³/mol. The Kier molecular flexibility index (Phi) is 4.25. The Morgan fingerprint density at radius 2 is 2.24 bits per heavy atom. The molecule has 1 fully saturated rings. The van der Waals surface area contributed by atoms with Crippen molar-refractivity contribution in [2.24, 2.45) is 0 Å². The van der Waals surface area contributed by atoms with Crippen LogP contribution in [0.3, 0.4) is 0 Å². The maximum absolute atomic E-state index is 12.3. The highest BCUT2D eigenvalue weighted by Crippen LogP contribution is 2.28. The summed E-state index contributed by atoms with van der Waals surface area (Å²) < 4.78 is 6.92. The number of carbonyl (C=O) groups excluding carboxylic acids is 1. The van der Waals surface area contributed by atoms with Crippen molar-refractivity contribution in [2.45, 2.75) is 45.1 Å². The number of carbonyl (C=O) groups is 1. The summed E-state index contributed by atoms with van der Waals surface area (Å²) >= 11 is 0. The SMILES string of the molecule is CC(C)(C)OC(=O)N1CCCC(c2cc(N)n3ncc(C#N)c3n2)C1. The topological polar surface area (TPSA) is 110 Å². The second-order valence-corrected chi connectivity index (χ2v) is 7.28. The Morgan fingerprint density at radius 1 is 1.48 bits per heavy atom. The van der Waals surface area contributed by atoms with Crippen molar-refractivity contribution in [1.82, 2.24) is 19.5 Å². The van der Waals surface area contributed by atoms with Gasteiger partial charge in [-0.3, -0.25) is 0 Å². The molecule has 2 aromatic rings. The average Bonchev–Trinajstić information content (AvgIpc) is 2.97. The smallest absolute Gasteiger partial charge is 0.410 e. The lowest BCUT2D eigenvalue weighted by Gasteiger charge is -2.34. The molecule has 25 heavy (non-hydrogen) atoms. The Bertz CT molecular complexity index is 845. The minimum atomic E-state index is -0.523. The molecule has 1 atom stereocenters. The first-order chi connectivity index (χ1) is 11.8. The molecule has 0 radical (unpaired) electrons. The van der Waals surface area contributed by atoms with Gasteiger partial charge in [-0.25, -0.2) is 9.78 Å². The summed E-state index contributed by atoms with van der Waals surface area (Å²) in [6, 6.07) is 3.84. The van der Waals surface area contributed by atoms with Crippen LogP contribution in [-0.2, 0) is 4.74 Å². The standard InChI is InChI=1S/C17H22N6O2/c1-17(2,3)25-16(24)22-6-4-5-11(10-22)13-7-14(19)23-15(21-13)12(8-18)9-20-23/h7,9,11H,4-6,10,19H2,1-3H3. The number of fused-ring (bicyclic) bond motifs is 1. The van der Waals surface area contributed by atoms with E-state index in [0.29, 0.717) is 30.1 Å². The number of nitrogens with zero attached hydrogens (tertiary/aromatic N) is 5. The lowest BCUT2D eigenvalue weighted by atomic mass is 9.94. The van der Waals surface area contributed by atoms with E-state index in [1.165, 1.54) is 10.7 Å². The van der Waals surface area contributed by atoms with Crippen molar-refractivity contribution in [1.29, 1.82) is 5.26 Å². The maximum Gasteiger partial charge on any atom is 0.410 e. The molecule has 0 saturated carbocycles. The molecule has 3 rings (SSSR count). The monoisotopic (exact) mass is 342 g/mol. The number of piperidine rings is 1. The normalized spacial score (nSPS) is 18.2. The Balaban J connectivity index is 1.85. The molecule has 0 spiro atoms. The van der Waals surface area contributed by atoms with E-state index in [-0.39, 0.29) is 12.0 Å². The molecule has 0 bridgehead atoms. The van der Waals surface area contributed by atoms with Crippen LogP contribution in [0, 0.1) is 11.3 Å². The third kappa shape index (κ3) is 3.50. The number of likely N-dealkylation sites (tertiary alicyclic amines) is 1. The molecule has 132 valence electrons. The fraction of sp³-hybridized carbons (Fsp3) is 0.529. The fourth-order valence-electron chi connectivity index (χ4n) is 3.00. The van der Waals surface area contributed by atoms with Gasteiger partial charge in [0.1, 0.15) is 23.1 Å². The van der Waals surface area contributed by atoms with Crippen LogP contribution in [0.2, 0.25) is 0 Å². The molecular formula is C17H22N6O2. The molecule has 0 aliphatic carbocycles.